The van der Waals surface area contributed by atoms with Crippen LogP contribution in [0.15, 0.2) is 103 Å². The van der Waals surface area contributed by atoms with Crippen molar-refractivity contribution in [1.82, 2.24) is 0 Å². The lowest BCUT2D eigenvalue weighted by atomic mass is 9.81. The molecule has 0 spiro atoms. The second-order valence-electron chi connectivity index (χ2n) is 10.3. The molecule has 1 heterocycles. The van der Waals surface area contributed by atoms with E-state index in [1.54, 1.807) is 7.11 Å². The molecule has 188 valence electrons. The summed E-state index contributed by atoms with van der Waals surface area (Å²) in [5.41, 5.74) is 7.67. The third kappa shape index (κ3) is 3.36. The highest BCUT2D eigenvalue weighted by molar-refractivity contribution is 6.17. The van der Waals surface area contributed by atoms with Crippen molar-refractivity contribution in [3.05, 3.63) is 114 Å². The Kier molecular flexibility index (Phi) is 4.93. The van der Waals surface area contributed by atoms with Crippen molar-refractivity contribution in [2.45, 2.75) is 19.3 Å². The average molecular weight is 507 g/mol. The fourth-order valence-electron chi connectivity index (χ4n) is 6.53. The van der Waals surface area contributed by atoms with Gasteiger partial charge in [-0.1, -0.05) is 66.7 Å². The van der Waals surface area contributed by atoms with Crippen LogP contribution in [0.5, 0.6) is 28.7 Å². The summed E-state index contributed by atoms with van der Waals surface area (Å²) in [5, 5.41) is 4.75. The van der Waals surface area contributed by atoms with Gasteiger partial charge in [-0.15, -0.1) is 0 Å². The first-order chi connectivity index (χ1) is 19.3. The number of para-hydroxylation sites is 2. The van der Waals surface area contributed by atoms with Crippen molar-refractivity contribution < 1.29 is 14.2 Å². The predicted octanol–water partition coefficient (Wildman–Crippen LogP) is 9.72. The summed E-state index contributed by atoms with van der Waals surface area (Å²) in [6.07, 6.45) is 3.20. The van der Waals surface area contributed by atoms with E-state index in [9.17, 15) is 0 Å². The molecule has 0 N–H and O–H groups in total. The minimum atomic E-state index is 0.786. The number of hydrogen-bond acceptors (Lipinski definition) is 3. The third-order valence-corrected chi connectivity index (χ3v) is 8.14. The van der Waals surface area contributed by atoms with Crippen molar-refractivity contribution in [3.8, 4) is 51.0 Å². The van der Waals surface area contributed by atoms with E-state index in [1.807, 2.05) is 42.5 Å². The van der Waals surface area contributed by atoms with Crippen LogP contribution in [-0.2, 0) is 12.8 Å². The zero-order valence-corrected chi connectivity index (χ0v) is 21.7. The smallest absolute Gasteiger partial charge is 0.139 e. The predicted molar refractivity (Wildman–Crippen MR) is 157 cm³/mol. The first-order valence-corrected chi connectivity index (χ1v) is 13.5. The molecule has 39 heavy (non-hydrogen) atoms. The zero-order chi connectivity index (χ0) is 25.9. The summed E-state index contributed by atoms with van der Waals surface area (Å²) in [6, 6.07) is 35.5. The maximum absolute atomic E-state index is 6.67. The van der Waals surface area contributed by atoms with E-state index in [0.29, 0.717) is 0 Å². The number of hydrogen-bond donors (Lipinski definition) is 0. The van der Waals surface area contributed by atoms with E-state index in [4.69, 9.17) is 14.2 Å². The van der Waals surface area contributed by atoms with E-state index in [0.717, 1.165) is 64.3 Å². The van der Waals surface area contributed by atoms with Gasteiger partial charge in [-0.3, -0.25) is 0 Å². The highest BCUT2D eigenvalue weighted by Crippen LogP contribution is 2.57. The van der Waals surface area contributed by atoms with E-state index >= 15 is 0 Å². The molecule has 6 aromatic carbocycles. The lowest BCUT2D eigenvalue weighted by Crippen LogP contribution is -2.04. The maximum Gasteiger partial charge on any atom is 0.139 e. The monoisotopic (exact) mass is 506 g/mol. The van der Waals surface area contributed by atoms with Gasteiger partial charge >= 0.3 is 0 Å². The summed E-state index contributed by atoms with van der Waals surface area (Å²) in [5.74, 6) is 4.21. The number of methoxy groups -OCH3 is 1. The van der Waals surface area contributed by atoms with Gasteiger partial charge in [0.1, 0.15) is 28.7 Å². The lowest BCUT2D eigenvalue weighted by molar-refractivity contribution is 0.410. The molecule has 6 aromatic rings. The van der Waals surface area contributed by atoms with Crippen LogP contribution in [0.3, 0.4) is 0 Å². The number of benzene rings is 6. The first-order valence-electron chi connectivity index (χ1n) is 13.5. The quantitative estimate of drug-likeness (QED) is 0.238. The van der Waals surface area contributed by atoms with Crippen molar-refractivity contribution in [3.63, 3.8) is 0 Å². The van der Waals surface area contributed by atoms with Gasteiger partial charge < -0.3 is 14.2 Å². The van der Waals surface area contributed by atoms with Gasteiger partial charge in [0, 0.05) is 28.1 Å². The lowest BCUT2D eigenvalue weighted by Gasteiger charge is -2.28. The highest BCUT2D eigenvalue weighted by Gasteiger charge is 2.32. The molecule has 3 nitrogen and oxygen atoms in total. The van der Waals surface area contributed by atoms with Crippen LogP contribution in [-0.4, -0.2) is 7.11 Å². The second-order valence-corrected chi connectivity index (χ2v) is 10.3. The molecule has 2 aliphatic rings. The van der Waals surface area contributed by atoms with Crippen LogP contribution in [0.2, 0.25) is 0 Å². The fraction of sp³-hybridized carbons (Fsp3) is 0.111. The van der Waals surface area contributed by atoms with Crippen LogP contribution in [0.4, 0.5) is 0 Å². The van der Waals surface area contributed by atoms with Crippen molar-refractivity contribution in [1.29, 1.82) is 0 Å². The summed E-state index contributed by atoms with van der Waals surface area (Å²) in [6.45, 7) is 0. The molecule has 0 atom stereocenters. The first kappa shape index (κ1) is 22.2. The number of rotatable bonds is 4. The molecule has 0 radical (unpaired) electrons. The molecule has 0 saturated heterocycles. The highest BCUT2D eigenvalue weighted by atomic mass is 16.5. The molecule has 8 rings (SSSR count). The summed E-state index contributed by atoms with van der Waals surface area (Å²) >= 11 is 0. The van der Waals surface area contributed by atoms with Crippen LogP contribution in [0.1, 0.15) is 17.5 Å². The Labute approximate surface area is 227 Å². The van der Waals surface area contributed by atoms with Crippen molar-refractivity contribution >= 4 is 21.5 Å². The van der Waals surface area contributed by atoms with Crippen molar-refractivity contribution in [2.75, 3.05) is 7.11 Å². The second kappa shape index (κ2) is 8.64. The SMILES string of the molecule is COc1cc2c3c(c4c(c(-c5ccccc5Oc5ccccc5)c3c1)CCC4)-c1c(ccc3ccccc13)O2. The number of ether oxygens (including phenoxy) is 3. The third-order valence-electron chi connectivity index (χ3n) is 8.14. The summed E-state index contributed by atoms with van der Waals surface area (Å²) < 4.78 is 19.0. The van der Waals surface area contributed by atoms with E-state index in [1.165, 1.54) is 38.6 Å². The minimum Gasteiger partial charge on any atom is -0.497 e. The van der Waals surface area contributed by atoms with E-state index in [-0.39, 0.29) is 0 Å². The molecule has 1 aliphatic carbocycles. The molecular weight excluding hydrogens is 480 g/mol. The maximum atomic E-state index is 6.67. The van der Waals surface area contributed by atoms with Gasteiger partial charge in [-0.2, -0.15) is 0 Å². The normalized spacial score (nSPS) is 13.2. The van der Waals surface area contributed by atoms with Gasteiger partial charge in [0.05, 0.1) is 7.11 Å². The summed E-state index contributed by atoms with van der Waals surface area (Å²) in [4.78, 5) is 0. The van der Waals surface area contributed by atoms with Gasteiger partial charge in [-0.05, 0) is 82.4 Å². The van der Waals surface area contributed by atoms with Crippen LogP contribution < -0.4 is 14.2 Å². The number of fused-ring (bicyclic) bond motifs is 6. The topological polar surface area (TPSA) is 27.7 Å². The molecule has 1 aliphatic heterocycles. The minimum absolute atomic E-state index is 0.786. The van der Waals surface area contributed by atoms with Gasteiger partial charge in [0.25, 0.3) is 0 Å². The Morgan fingerprint density at radius 2 is 1.38 bits per heavy atom. The standard InChI is InChI=1S/C36H26O3/c1-37-24-20-29-33(28-14-7-8-17-30(28)38-23-11-3-2-4-12-23)26-15-9-16-27(26)36-34-25-13-6-5-10-22(25)18-19-31(34)39-32(21-24)35(29)36/h2-8,10-14,17-21H,9,15-16H2,1H3. The van der Waals surface area contributed by atoms with Gasteiger partial charge in [-0.25, -0.2) is 0 Å². The van der Waals surface area contributed by atoms with Crippen LogP contribution >= 0.6 is 0 Å². The molecule has 0 saturated carbocycles. The Balaban J connectivity index is 1.49. The molecule has 0 fully saturated rings. The molecular formula is C36H26O3. The molecule has 0 unspecified atom stereocenters. The zero-order valence-electron chi connectivity index (χ0n) is 21.7. The van der Waals surface area contributed by atoms with Crippen molar-refractivity contribution in [2.24, 2.45) is 0 Å². The van der Waals surface area contributed by atoms with Crippen LogP contribution in [0, 0.1) is 0 Å². The van der Waals surface area contributed by atoms with Gasteiger partial charge in [0.2, 0.25) is 0 Å². The van der Waals surface area contributed by atoms with Gasteiger partial charge in [0.15, 0.2) is 0 Å². The Bertz CT molecular complexity index is 1920. The average Bonchev–Trinajstić information content (AvgIpc) is 3.47. The van der Waals surface area contributed by atoms with E-state index < -0.39 is 0 Å². The Morgan fingerprint density at radius 3 is 2.26 bits per heavy atom. The molecule has 3 heteroatoms. The summed E-state index contributed by atoms with van der Waals surface area (Å²) in [7, 11) is 1.72. The van der Waals surface area contributed by atoms with E-state index in [2.05, 4.69) is 60.7 Å². The fourth-order valence-corrected chi connectivity index (χ4v) is 6.53. The molecule has 0 bridgehead atoms. The Morgan fingerprint density at radius 1 is 0.615 bits per heavy atom. The Hall–Kier alpha value is -4.76. The van der Waals surface area contributed by atoms with Crippen LogP contribution in [0.25, 0.3) is 43.8 Å². The largest absolute Gasteiger partial charge is 0.497 e. The molecule has 0 amide bonds. The molecule has 0 aromatic heterocycles.